The number of likely N-dealkylation sites (N-methyl/N-ethyl adjacent to an activating group) is 1. The molecular formula is C14H25N3O2. The van der Waals surface area contributed by atoms with E-state index in [1.54, 1.807) is 16.8 Å². The topological polar surface area (TPSA) is 43.9 Å². The summed E-state index contributed by atoms with van der Waals surface area (Å²) in [6, 6.07) is -0.583. The van der Waals surface area contributed by atoms with Gasteiger partial charge in [0.15, 0.2) is 0 Å². The minimum atomic E-state index is -0.314. The van der Waals surface area contributed by atoms with Crippen LogP contribution in [0.5, 0.6) is 0 Å². The Morgan fingerprint density at radius 2 is 1.89 bits per heavy atom. The lowest BCUT2D eigenvalue weighted by molar-refractivity contribution is -0.163. The van der Waals surface area contributed by atoms with Crippen LogP contribution in [0.1, 0.15) is 27.2 Å². The fourth-order valence-corrected chi connectivity index (χ4v) is 2.79. The maximum atomic E-state index is 12.3. The van der Waals surface area contributed by atoms with Crippen LogP contribution in [0.25, 0.3) is 0 Å². The molecule has 0 bridgehead atoms. The van der Waals surface area contributed by atoms with Gasteiger partial charge in [-0.05, 0) is 25.8 Å². The number of rotatable bonds is 3. The third-order valence-electron chi connectivity index (χ3n) is 4.34. The fourth-order valence-electron chi connectivity index (χ4n) is 2.79. The van der Waals surface area contributed by atoms with E-state index < -0.39 is 0 Å². The second kappa shape index (κ2) is 5.49. The molecule has 2 aliphatic heterocycles. The number of hydrogen-bond donors (Lipinski definition) is 0. The molecule has 0 aliphatic carbocycles. The van der Waals surface area contributed by atoms with E-state index in [1.807, 2.05) is 6.92 Å². The standard InChI is InChI=1S/C14H25N3O2/c1-10(2)5-6-16-7-8-17-12(9-16)14(19)15(4)11(3)13(17)18/h10-12H,5-9H2,1-4H3/t11-,12+/m0/s1. The van der Waals surface area contributed by atoms with E-state index in [2.05, 4.69) is 18.7 Å². The van der Waals surface area contributed by atoms with Gasteiger partial charge in [0.05, 0.1) is 0 Å². The van der Waals surface area contributed by atoms with Gasteiger partial charge in [0.2, 0.25) is 11.8 Å². The van der Waals surface area contributed by atoms with Crippen LogP contribution < -0.4 is 0 Å². The Balaban J connectivity index is 2.02. The summed E-state index contributed by atoms with van der Waals surface area (Å²) in [6.45, 7) is 9.50. The van der Waals surface area contributed by atoms with Crippen LogP contribution in [0.2, 0.25) is 0 Å². The van der Waals surface area contributed by atoms with Crippen LogP contribution in [0, 0.1) is 5.92 Å². The Kier molecular flexibility index (Phi) is 4.13. The lowest BCUT2D eigenvalue weighted by Gasteiger charge is -2.47. The van der Waals surface area contributed by atoms with Crippen molar-refractivity contribution in [1.82, 2.24) is 14.7 Å². The van der Waals surface area contributed by atoms with Gasteiger partial charge in [-0.15, -0.1) is 0 Å². The number of carbonyl (C=O) groups is 2. The SMILES string of the molecule is CC(C)CCN1CCN2C(=O)[C@H](C)N(C)C(=O)[C@H]2C1. The minimum Gasteiger partial charge on any atom is -0.332 e. The number of piperazine rings is 2. The summed E-state index contributed by atoms with van der Waals surface area (Å²) < 4.78 is 0. The first-order valence-electron chi connectivity index (χ1n) is 7.21. The van der Waals surface area contributed by atoms with Gasteiger partial charge in [-0.3, -0.25) is 14.5 Å². The van der Waals surface area contributed by atoms with E-state index >= 15 is 0 Å². The summed E-state index contributed by atoms with van der Waals surface area (Å²) in [7, 11) is 1.73. The van der Waals surface area contributed by atoms with Gasteiger partial charge in [-0.25, -0.2) is 0 Å². The van der Waals surface area contributed by atoms with Crippen molar-refractivity contribution in [3.63, 3.8) is 0 Å². The molecule has 5 nitrogen and oxygen atoms in total. The van der Waals surface area contributed by atoms with Crippen LogP contribution in [-0.2, 0) is 9.59 Å². The lowest BCUT2D eigenvalue weighted by Crippen LogP contribution is -2.68. The van der Waals surface area contributed by atoms with Crippen molar-refractivity contribution >= 4 is 11.8 Å². The van der Waals surface area contributed by atoms with Gasteiger partial charge in [-0.1, -0.05) is 13.8 Å². The molecule has 0 unspecified atom stereocenters. The first-order chi connectivity index (χ1) is 8.91. The van der Waals surface area contributed by atoms with Crippen molar-refractivity contribution in [3.05, 3.63) is 0 Å². The predicted octanol–water partition coefficient (Wildman–Crippen LogP) is 0.406. The third-order valence-corrected chi connectivity index (χ3v) is 4.34. The average Bonchev–Trinajstić information content (AvgIpc) is 2.40. The molecule has 0 saturated carbocycles. The highest BCUT2D eigenvalue weighted by Gasteiger charge is 2.44. The first-order valence-corrected chi connectivity index (χ1v) is 7.21. The predicted molar refractivity (Wildman–Crippen MR) is 73.6 cm³/mol. The Bertz CT molecular complexity index is 370. The molecule has 19 heavy (non-hydrogen) atoms. The van der Waals surface area contributed by atoms with E-state index in [-0.39, 0.29) is 23.9 Å². The molecule has 2 atom stereocenters. The molecule has 2 fully saturated rings. The molecule has 0 aromatic carbocycles. The maximum absolute atomic E-state index is 12.3. The smallest absolute Gasteiger partial charge is 0.247 e. The van der Waals surface area contributed by atoms with Crippen molar-refractivity contribution in [2.75, 3.05) is 33.2 Å². The van der Waals surface area contributed by atoms with Gasteiger partial charge < -0.3 is 9.80 Å². The van der Waals surface area contributed by atoms with E-state index in [9.17, 15) is 9.59 Å². The largest absolute Gasteiger partial charge is 0.332 e. The number of fused-ring (bicyclic) bond motifs is 1. The Morgan fingerprint density at radius 1 is 1.21 bits per heavy atom. The second-order valence-electron chi connectivity index (χ2n) is 6.16. The molecule has 0 radical (unpaired) electrons. The Hall–Kier alpha value is -1.10. The molecular weight excluding hydrogens is 242 g/mol. The highest BCUT2D eigenvalue weighted by Crippen LogP contribution is 2.21. The molecule has 108 valence electrons. The van der Waals surface area contributed by atoms with E-state index in [0.29, 0.717) is 19.0 Å². The molecule has 0 spiro atoms. The van der Waals surface area contributed by atoms with Crippen LogP contribution in [-0.4, -0.2) is 71.8 Å². The second-order valence-corrected chi connectivity index (χ2v) is 6.16. The molecule has 0 aromatic rings. The third kappa shape index (κ3) is 2.76. The highest BCUT2D eigenvalue weighted by molar-refractivity contribution is 5.96. The summed E-state index contributed by atoms with van der Waals surface area (Å²) in [6.07, 6.45) is 1.14. The molecule has 2 saturated heterocycles. The molecule has 2 heterocycles. The normalized spacial score (nSPS) is 29.1. The number of hydrogen-bond acceptors (Lipinski definition) is 3. The monoisotopic (exact) mass is 267 g/mol. The first kappa shape index (κ1) is 14.3. The highest BCUT2D eigenvalue weighted by atomic mass is 16.2. The molecule has 0 aromatic heterocycles. The number of nitrogens with zero attached hydrogens (tertiary/aromatic N) is 3. The van der Waals surface area contributed by atoms with Crippen LogP contribution in [0.3, 0.4) is 0 Å². The number of amides is 2. The molecule has 2 rings (SSSR count). The minimum absolute atomic E-state index is 0.0846. The Morgan fingerprint density at radius 3 is 2.53 bits per heavy atom. The zero-order valence-corrected chi connectivity index (χ0v) is 12.4. The van der Waals surface area contributed by atoms with Crippen LogP contribution in [0.15, 0.2) is 0 Å². The van der Waals surface area contributed by atoms with Crippen molar-refractivity contribution in [2.45, 2.75) is 39.3 Å². The van der Waals surface area contributed by atoms with Gasteiger partial charge in [0.1, 0.15) is 12.1 Å². The summed E-state index contributed by atoms with van der Waals surface area (Å²) in [5.41, 5.74) is 0. The zero-order valence-electron chi connectivity index (χ0n) is 12.4. The van der Waals surface area contributed by atoms with Crippen molar-refractivity contribution in [2.24, 2.45) is 5.92 Å². The van der Waals surface area contributed by atoms with E-state index in [0.717, 1.165) is 19.5 Å². The lowest BCUT2D eigenvalue weighted by atomic mass is 10.0. The van der Waals surface area contributed by atoms with Crippen LogP contribution >= 0.6 is 0 Å². The Labute approximate surface area is 115 Å². The summed E-state index contributed by atoms with van der Waals surface area (Å²) in [5, 5.41) is 0. The summed E-state index contributed by atoms with van der Waals surface area (Å²) >= 11 is 0. The molecule has 2 aliphatic rings. The van der Waals surface area contributed by atoms with Gasteiger partial charge in [-0.2, -0.15) is 0 Å². The average molecular weight is 267 g/mol. The van der Waals surface area contributed by atoms with Crippen molar-refractivity contribution in [1.29, 1.82) is 0 Å². The van der Waals surface area contributed by atoms with E-state index in [4.69, 9.17) is 0 Å². The van der Waals surface area contributed by atoms with Crippen molar-refractivity contribution in [3.8, 4) is 0 Å². The summed E-state index contributed by atoms with van der Waals surface area (Å²) in [4.78, 5) is 30.2. The molecule has 0 N–H and O–H groups in total. The molecule has 5 heteroatoms. The van der Waals surface area contributed by atoms with Crippen LogP contribution in [0.4, 0.5) is 0 Å². The van der Waals surface area contributed by atoms with Gasteiger partial charge >= 0.3 is 0 Å². The summed E-state index contributed by atoms with van der Waals surface area (Å²) in [5.74, 6) is 0.848. The molecule has 2 amide bonds. The fraction of sp³-hybridized carbons (Fsp3) is 0.857. The number of carbonyl (C=O) groups excluding carboxylic acids is 2. The quantitative estimate of drug-likeness (QED) is 0.744. The van der Waals surface area contributed by atoms with Gasteiger partial charge in [0.25, 0.3) is 0 Å². The van der Waals surface area contributed by atoms with Gasteiger partial charge in [0, 0.05) is 26.7 Å². The van der Waals surface area contributed by atoms with Crippen molar-refractivity contribution < 1.29 is 9.59 Å². The maximum Gasteiger partial charge on any atom is 0.247 e. The zero-order chi connectivity index (χ0) is 14.2. The van der Waals surface area contributed by atoms with E-state index in [1.165, 1.54) is 0 Å².